The molecule has 3 N–H and O–H groups in total. The van der Waals surface area contributed by atoms with Crippen LogP contribution in [-0.4, -0.2) is 40.9 Å². The average Bonchev–Trinajstić information content (AvgIpc) is 3.32. The Labute approximate surface area is 174 Å². The minimum atomic E-state index is -5.34. The Morgan fingerprint density at radius 2 is 1.90 bits per heavy atom. The van der Waals surface area contributed by atoms with Crippen LogP contribution < -0.4 is 0 Å². The zero-order valence-corrected chi connectivity index (χ0v) is 17.0. The van der Waals surface area contributed by atoms with Crippen molar-refractivity contribution in [2.24, 2.45) is 0 Å². The molecule has 0 bridgehead atoms. The van der Waals surface area contributed by atoms with Crippen molar-refractivity contribution < 1.29 is 26.7 Å². The van der Waals surface area contributed by atoms with Gasteiger partial charge in [-0.2, -0.15) is 18.4 Å². The van der Waals surface area contributed by atoms with Crippen molar-refractivity contribution in [3.8, 4) is 6.07 Å². The lowest BCUT2D eigenvalue weighted by Gasteiger charge is -2.31. The normalized spacial score (nSPS) is 14.6. The molecule has 4 aromatic rings. The number of hydrogen-bond acceptors (Lipinski definition) is 5. The predicted octanol–water partition coefficient (Wildman–Crippen LogP) is 3.43. The minimum absolute atomic E-state index is 0.0232. The maximum Gasteiger partial charge on any atom is 0.428 e. The van der Waals surface area contributed by atoms with Gasteiger partial charge in [-0.1, -0.05) is 0 Å². The third kappa shape index (κ3) is 3.07. The molecular weight excluding hydrogens is 433 g/mol. The van der Waals surface area contributed by atoms with E-state index in [1.54, 1.807) is 6.92 Å². The molecule has 1 unspecified atom stereocenters. The number of nitrogens with zero attached hydrogens (tertiary/aromatic N) is 2. The first-order chi connectivity index (χ1) is 14.4. The van der Waals surface area contributed by atoms with Gasteiger partial charge < -0.3 is 15.1 Å². The zero-order valence-electron chi connectivity index (χ0n) is 16.2. The fourth-order valence-electron chi connectivity index (χ4n) is 3.68. The number of aliphatic hydroxyl groups is 1. The van der Waals surface area contributed by atoms with Gasteiger partial charge in [0.25, 0.3) is 0 Å². The van der Waals surface area contributed by atoms with Gasteiger partial charge in [0.15, 0.2) is 15.7 Å². The summed E-state index contributed by atoms with van der Waals surface area (Å²) in [6.07, 6.45) is -3.20. The number of hydrogen-bond donors (Lipinski definition) is 3. The summed E-state index contributed by atoms with van der Waals surface area (Å²) < 4.78 is 68.4. The number of alkyl halides is 3. The molecule has 0 aliphatic carbocycles. The molecule has 0 amide bonds. The molecule has 0 saturated heterocycles. The highest BCUT2D eigenvalue weighted by molar-refractivity contribution is 7.90. The highest BCUT2D eigenvalue weighted by Gasteiger charge is 2.60. The number of H-pyrrole nitrogens is 2. The molecule has 0 radical (unpaired) electrons. The van der Waals surface area contributed by atoms with Gasteiger partial charge in [-0.25, -0.2) is 13.4 Å². The summed E-state index contributed by atoms with van der Waals surface area (Å²) in [7, 11) is -4.18. The van der Waals surface area contributed by atoms with Crippen molar-refractivity contribution in [1.29, 1.82) is 5.26 Å². The summed E-state index contributed by atoms with van der Waals surface area (Å²) in [5.74, 6) is -0.902. The minimum Gasteiger partial charge on any atom is -0.370 e. The van der Waals surface area contributed by atoms with Crippen LogP contribution in [0.5, 0.6) is 0 Å². The Kier molecular flexibility index (Phi) is 4.43. The quantitative estimate of drug-likeness (QED) is 0.443. The molecule has 0 saturated carbocycles. The SMILES string of the molecule is Cc1cc(S(C)(=O)=O)c(C(O)(c2nc3cc(C#N)ccc3[nH]2)C(F)(F)F)c2cc[nH]c12. The van der Waals surface area contributed by atoms with Crippen LogP contribution in [0.1, 0.15) is 22.5 Å². The maximum atomic E-state index is 14.5. The largest absolute Gasteiger partial charge is 0.428 e. The predicted molar refractivity (Wildman–Crippen MR) is 106 cm³/mol. The Bertz CT molecular complexity index is 1500. The third-order valence-electron chi connectivity index (χ3n) is 5.13. The molecule has 2 aromatic carbocycles. The van der Waals surface area contributed by atoms with Crippen molar-refractivity contribution in [2.45, 2.75) is 23.6 Å². The Morgan fingerprint density at radius 1 is 1.19 bits per heavy atom. The number of rotatable bonds is 3. The Balaban J connectivity index is 2.17. The molecule has 0 fully saturated rings. The molecule has 1 atom stereocenters. The molecule has 31 heavy (non-hydrogen) atoms. The first-order valence-electron chi connectivity index (χ1n) is 8.88. The molecule has 0 spiro atoms. The molecule has 2 aromatic heterocycles. The molecule has 4 rings (SSSR count). The number of benzene rings is 2. The van der Waals surface area contributed by atoms with Crippen LogP contribution in [0.2, 0.25) is 0 Å². The molecule has 2 heterocycles. The maximum absolute atomic E-state index is 14.5. The molecule has 7 nitrogen and oxygen atoms in total. The number of nitriles is 1. The van der Waals surface area contributed by atoms with Crippen LogP contribution >= 0.6 is 0 Å². The van der Waals surface area contributed by atoms with E-state index in [-0.39, 0.29) is 27.5 Å². The van der Waals surface area contributed by atoms with Crippen molar-refractivity contribution in [1.82, 2.24) is 15.0 Å². The highest BCUT2D eigenvalue weighted by Crippen LogP contribution is 2.48. The lowest BCUT2D eigenvalue weighted by molar-refractivity contribution is -0.251. The van der Waals surface area contributed by atoms with E-state index in [0.29, 0.717) is 5.56 Å². The van der Waals surface area contributed by atoms with E-state index in [2.05, 4.69) is 15.0 Å². The monoisotopic (exact) mass is 448 g/mol. The number of aromatic nitrogens is 3. The summed E-state index contributed by atoms with van der Waals surface area (Å²) in [5.41, 5.74) is -3.62. The average molecular weight is 448 g/mol. The van der Waals surface area contributed by atoms with E-state index >= 15 is 0 Å². The van der Waals surface area contributed by atoms with Crippen LogP contribution in [0.3, 0.4) is 0 Å². The van der Waals surface area contributed by atoms with Crippen molar-refractivity contribution >= 4 is 31.8 Å². The van der Waals surface area contributed by atoms with Crippen molar-refractivity contribution in [3.63, 3.8) is 0 Å². The van der Waals surface area contributed by atoms with Gasteiger partial charge in [-0.15, -0.1) is 0 Å². The van der Waals surface area contributed by atoms with Gasteiger partial charge in [-0.05, 0) is 42.8 Å². The lowest BCUT2D eigenvalue weighted by Crippen LogP contribution is -2.45. The smallest absolute Gasteiger partial charge is 0.370 e. The second kappa shape index (κ2) is 6.57. The molecule has 0 aliphatic rings. The number of nitrogens with one attached hydrogen (secondary N) is 2. The lowest BCUT2D eigenvalue weighted by atomic mass is 9.88. The number of aryl methyl sites for hydroxylation is 1. The van der Waals surface area contributed by atoms with E-state index < -0.39 is 37.9 Å². The zero-order chi connectivity index (χ0) is 22.8. The van der Waals surface area contributed by atoms with Gasteiger partial charge in [0, 0.05) is 28.9 Å². The van der Waals surface area contributed by atoms with E-state index in [9.17, 15) is 26.7 Å². The van der Waals surface area contributed by atoms with Gasteiger partial charge in [0.1, 0.15) is 0 Å². The van der Waals surface area contributed by atoms with Crippen LogP contribution in [0.4, 0.5) is 13.2 Å². The topological polar surface area (TPSA) is 123 Å². The first kappa shape index (κ1) is 20.9. The second-order valence-electron chi connectivity index (χ2n) is 7.24. The highest BCUT2D eigenvalue weighted by atomic mass is 32.2. The third-order valence-corrected chi connectivity index (χ3v) is 6.25. The number of aromatic amines is 2. The second-order valence-corrected chi connectivity index (χ2v) is 9.23. The van der Waals surface area contributed by atoms with Crippen molar-refractivity contribution in [2.75, 3.05) is 6.26 Å². The number of fused-ring (bicyclic) bond motifs is 2. The Morgan fingerprint density at radius 3 is 2.52 bits per heavy atom. The fraction of sp³-hybridized carbons (Fsp3) is 0.200. The summed E-state index contributed by atoms with van der Waals surface area (Å²) >= 11 is 0. The molecule has 160 valence electrons. The summed E-state index contributed by atoms with van der Waals surface area (Å²) in [6.45, 7) is 1.55. The molecular formula is C20H15F3N4O3S. The van der Waals surface area contributed by atoms with E-state index in [4.69, 9.17) is 5.26 Å². The van der Waals surface area contributed by atoms with E-state index in [0.717, 1.165) is 12.3 Å². The van der Waals surface area contributed by atoms with Gasteiger partial charge in [0.05, 0.1) is 27.6 Å². The first-order valence-corrected chi connectivity index (χ1v) is 10.8. The van der Waals surface area contributed by atoms with Gasteiger partial charge >= 0.3 is 6.18 Å². The summed E-state index contributed by atoms with van der Waals surface area (Å²) in [5, 5.41) is 20.1. The van der Waals surface area contributed by atoms with Crippen LogP contribution in [0.15, 0.2) is 41.4 Å². The van der Waals surface area contributed by atoms with Crippen LogP contribution in [0, 0.1) is 18.3 Å². The van der Waals surface area contributed by atoms with Gasteiger partial charge in [0.2, 0.25) is 5.60 Å². The fourth-order valence-corrected chi connectivity index (χ4v) is 4.70. The number of sulfone groups is 1. The van der Waals surface area contributed by atoms with Crippen LogP contribution in [-0.2, 0) is 15.4 Å². The van der Waals surface area contributed by atoms with E-state index in [1.807, 2.05) is 6.07 Å². The van der Waals surface area contributed by atoms with E-state index in [1.165, 1.54) is 30.5 Å². The summed E-state index contributed by atoms with van der Waals surface area (Å²) in [6, 6.07) is 8.25. The number of halogens is 3. The molecule has 0 aliphatic heterocycles. The van der Waals surface area contributed by atoms with Crippen LogP contribution in [0.25, 0.3) is 21.9 Å². The molecule has 11 heteroatoms. The standard InChI is InChI=1S/C20H15F3N4O3S/c1-10-7-15(31(2,29)30)16(12-5-6-25-17(10)12)19(28,20(21,22)23)18-26-13-4-3-11(9-24)8-14(13)27-18/h3-8,25,28H,1-2H3,(H,26,27). The van der Waals surface area contributed by atoms with Gasteiger partial charge in [-0.3, -0.25) is 0 Å². The van der Waals surface area contributed by atoms with Crippen molar-refractivity contribution in [3.05, 3.63) is 59.0 Å². The number of imidazole rings is 1. The Hall–Kier alpha value is -3.36. The summed E-state index contributed by atoms with van der Waals surface area (Å²) in [4.78, 5) is 8.46.